The molecule has 0 saturated carbocycles. The van der Waals surface area contributed by atoms with E-state index in [9.17, 15) is 9.59 Å². The van der Waals surface area contributed by atoms with Crippen molar-refractivity contribution < 1.29 is 4.79 Å². The van der Waals surface area contributed by atoms with Gasteiger partial charge in [-0.1, -0.05) is 78.0 Å². The van der Waals surface area contributed by atoms with Gasteiger partial charge in [0.25, 0.3) is 5.56 Å². The Labute approximate surface area is 204 Å². The van der Waals surface area contributed by atoms with Gasteiger partial charge in [0.2, 0.25) is 11.7 Å². The Hall–Kier alpha value is -3.62. The lowest BCUT2D eigenvalue weighted by Crippen LogP contribution is -2.25. The Bertz CT molecular complexity index is 1550. The molecule has 2 aromatic heterocycles. The molecule has 1 N–H and O–H groups in total. The van der Waals surface area contributed by atoms with Crippen molar-refractivity contribution in [2.45, 2.75) is 18.2 Å². The molecular formula is C25H20ClN5O2S. The molecule has 0 aliphatic rings. The minimum Gasteiger partial charge on any atom is -0.351 e. The zero-order valence-corrected chi connectivity index (χ0v) is 19.6. The molecule has 34 heavy (non-hydrogen) atoms. The van der Waals surface area contributed by atoms with Crippen molar-refractivity contribution in [3.63, 3.8) is 0 Å². The van der Waals surface area contributed by atoms with E-state index < -0.39 is 0 Å². The van der Waals surface area contributed by atoms with Gasteiger partial charge < -0.3 is 5.32 Å². The number of nitrogens with one attached hydrogen (secondary N) is 1. The van der Waals surface area contributed by atoms with Crippen molar-refractivity contribution in [3.8, 4) is 0 Å². The summed E-state index contributed by atoms with van der Waals surface area (Å²) in [6.07, 6.45) is 0. The van der Waals surface area contributed by atoms with Gasteiger partial charge in [0.05, 0.1) is 23.2 Å². The highest BCUT2D eigenvalue weighted by molar-refractivity contribution is 7.99. The second kappa shape index (κ2) is 9.70. The Morgan fingerprint density at radius 1 is 0.941 bits per heavy atom. The number of fused-ring (bicyclic) bond motifs is 3. The van der Waals surface area contributed by atoms with E-state index in [-0.39, 0.29) is 17.2 Å². The van der Waals surface area contributed by atoms with E-state index in [0.29, 0.717) is 39.9 Å². The van der Waals surface area contributed by atoms with E-state index in [4.69, 9.17) is 11.6 Å². The Morgan fingerprint density at radius 3 is 2.53 bits per heavy atom. The van der Waals surface area contributed by atoms with Crippen LogP contribution in [0, 0.1) is 0 Å². The molecule has 1 amide bonds. The molecule has 0 radical (unpaired) electrons. The highest BCUT2D eigenvalue weighted by Crippen LogP contribution is 2.22. The van der Waals surface area contributed by atoms with Gasteiger partial charge in [0, 0.05) is 11.6 Å². The van der Waals surface area contributed by atoms with Gasteiger partial charge in [-0.2, -0.15) is 0 Å². The molecule has 5 rings (SSSR count). The molecule has 7 nitrogen and oxygen atoms in total. The van der Waals surface area contributed by atoms with E-state index in [1.807, 2.05) is 71.1 Å². The number of carbonyl (C=O) groups excluding carboxylic acids is 1. The highest BCUT2D eigenvalue weighted by atomic mass is 35.5. The minimum atomic E-state index is -0.136. The van der Waals surface area contributed by atoms with Gasteiger partial charge in [-0.15, -0.1) is 10.2 Å². The third-order valence-corrected chi connectivity index (χ3v) is 6.54. The molecule has 170 valence electrons. The van der Waals surface area contributed by atoms with Crippen molar-refractivity contribution in [2.24, 2.45) is 0 Å². The Balaban J connectivity index is 1.43. The van der Waals surface area contributed by atoms with Crippen LogP contribution in [-0.2, 0) is 17.9 Å². The molecule has 0 aliphatic heterocycles. The third-order valence-electron chi connectivity index (χ3n) is 5.37. The average Bonchev–Trinajstić information content (AvgIpc) is 3.29. The maximum Gasteiger partial charge on any atom is 0.263 e. The lowest BCUT2D eigenvalue weighted by molar-refractivity contribution is -0.118. The normalized spacial score (nSPS) is 11.2. The van der Waals surface area contributed by atoms with Crippen molar-refractivity contribution in [3.05, 3.63) is 105 Å². The van der Waals surface area contributed by atoms with Crippen molar-refractivity contribution in [2.75, 3.05) is 5.75 Å². The number of rotatable bonds is 7. The molecule has 0 bridgehead atoms. The topological polar surface area (TPSA) is 81.3 Å². The van der Waals surface area contributed by atoms with Gasteiger partial charge >= 0.3 is 0 Å². The molecular weight excluding hydrogens is 470 g/mol. The summed E-state index contributed by atoms with van der Waals surface area (Å²) in [7, 11) is 0. The number of aromatic nitrogens is 4. The number of benzene rings is 3. The number of amides is 1. The lowest BCUT2D eigenvalue weighted by atomic mass is 10.2. The number of hydrogen-bond donors (Lipinski definition) is 1. The van der Waals surface area contributed by atoms with Crippen LogP contribution < -0.4 is 10.9 Å². The monoisotopic (exact) mass is 489 g/mol. The Kier molecular flexibility index (Phi) is 6.33. The van der Waals surface area contributed by atoms with Crippen LogP contribution in [0.2, 0.25) is 5.02 Å². The minimum absolute atomic E-state index is 0.129. The molecule has 9 heteroatoms. The SMILES string of the molecule is O=C(CSc1nnc2n(Cc3ccccc3)c(=O)c3ccccc3n12)NCc1cccc(Cl)c1. The number of para-hydroxylation sites is 1. The van der Waals surface area contributed by atoms with Gasteiger partial charge in [0.15, 0.2) is 5.16 Å². The maximum atomic E-state index is 13.3. The van der Waals surface area contributed by atoms with E-state index in [0.717, 1.165) is 11.1 Å². The van der Waals surface area contributed by atoms with Crippen LogP contribution in [0.5, 0.6) is 0 Å². The first-order valence-corrected chi connectivity index (χ1v) is 12.0. The Morgan fingerprint density at radius 2 is 1.71 bits per heavy atom. The number of thioether (sulfide) groups is 1. The van der Waals surface area contributed by atoms with E-state index >= 15 is 0 Å². The first kappa shape index (κ1) is 22.2. The van der Waals surface area contributed by atoms with Crippen molar-refractivity contribution in [1.29, 1.82) is 0 Å². The van der Waals surface area contributed by atoms with Crippen LogP contribution >= 0.6 is 23.4 Å². The first-order valence-electron chi connectivity index (χ1n) is 10.6. The van der Waals surface area contributed by atoms with Crippen LogP contribution in [0.25, 0.3) is 16.7 Å². The molecule has 0 unspecified atom stereocenters. The summed E-state index contributed by atoms with van der Waals surface area (Å²) in [5.41, 5.74) is 2.49. The summed E-state index contributed by atoms with van der Waals surface area (Å²) >= 11 is 7.28. The fourth-order valence-electron chi connectivity index (χ4n) is 3.76. The summed E-state index contributed by atoms with van der Waals surface area (Å²) in [5.74, 6) is 0.464. The highest BCUT2D eigenvalue weighted by Gasteiger charge is 2.17. The number of carbonyl (C=O) groups is 1. The molecule has 0 atom stereocenters. The largest absolute Gasteiger partial charge is 0.351 e. The van der Waals surface area contributed by atoms with Crippen molar-refractivity contribution in [1.82, 2.24) is 24.5 Å². The van der Waals surface area contributed by atoms with Gasteiger partial charge in [-0.05, 0) is 35.4 Å². The molecule has 0 aliphatic carbocycles. The van der Waals surface area contributed by atoms with Crippen molar-refractivity contribution >= 4 is 46.0 Å². The molecule has 0 spiro atoms. The van der Waals surface area contributed by atoms with Gasteiger partial charge in [-0.25, -0.2) is 0 Å². The molecule has 0 fully saturated rings. The van der Waals surface area contributed by atoms with Crippen LogP contribution in [0.15, 0.2) is 88.8 Å². The number of nitrogens with zero attached hydrogens (tertiary/aromatic N) is 4. The van der Waals surface area contributed by atoms with E-state index in [1.54, 1.807) is 16.7 Å². The summed E-state index contributed by atoms with van der Waals surface area (Å²) in [6, 6.07) is 24.5. The summed E-state index contributed by atoms with van der Waals surface area (Å²) in [6.45, 7) is 0.761. The smallest absolute Gasteiger partial charge is 0.263 e. The molecule has 0 saturated heterocycles. The summed E-state index contributed by atoms with van der Waals surface area (Å²) in [4.78, 5) is 25.7. The summed E-state index contributed by atoms with van der Waals surface area (Å²) in [5, 5.41) is 13.3. The van der Waals surface area contributed by atoms with Gasteiger partial charge in [-0.3, -0.25) is 18.6 Å². The third kappa shape index (κ3) is 4.55. The predicted octanol–water partition coefficient (Wildman–Crippen LogP) is 4.15. The fourth-order valence-corrected chi connectivity index (χ4v) is 4.75. The van der Waals surface area contributed by atoms with Crippen LogP contribution in [0.3, 0.4) is 0 Å². The fraction of sp³-hybridized carbons (Fsp3) is 0.120. The zero-order chi connectivity index (χ0) is 23.5. The van der Waals surface area contributed by atoms with E-state index in [2.05, 4.69) is 15.5 Å². The second-order valence-corrected chi connectivity index (χ2v) is 9.09. The quantitative estimate of drug-likeness (QED) is 0.347. The predicted molar refractivity (Wildman–Crippen MR) is 134 cm³/mol. The lowest BCUT2D eigenvalue weighted by Gasteiger charge is -2.11. The number of hydrogen-bond acceptors (Lipinski definition) is 5. The molecule has 3 aromatic carbocycles. The summed E-state index contributed by atoms with van der Waals surface area (Å²) < 4.78 is 3.46. The zero-order valence-electron chi connectivity index (χ0n) is 18.0. The van der Waals surface area contributed by atoms with Crippen LogP contribution in [-0.4, -0.2) is 30.8 Å². The van der Waals surface area contributed by atoms with Crippen LogP contribution in [0.1, 0.15) is 11.1 Å². The maximum absolute atomic E-state index is 13.3. The van der Waals surface area contributed by atoms with Crippen LogP contribution in [0.4, 0.5) is 0 Å². The molecule has 5 aromatic rings. The van der Waals surface area contributed by atoms with Gasteiger partial charge in [0.1, 0.15) is 0 Å². The average molecular weight is 490 g/mol. The first-order chi connectivity index (χ1) is 16.6. The number of halogens is 1. The second-order valence-electron chi connectivity index (χ2n) is 7.71. The molecule has 2 heterocycles. The van der Waals surface area contributed by atoms with E-state index in [1.165, 1.54) is 11.8 Å². The standard InChI is InChI=1S/C25H20ClN5O2S/c26-19-10-6-9-18(13-19)14-27-22(32)16-34-25-29-28-24-30(15-17-7-2-1-3-8-17)23(33)20-11-4-5-12-21(20)31(24)25/h1-13H,14-16H2,(H,27,32).